The Kier molecular flexibility index (Phi) is 7.28. The number of hydrogen-bond acceptors (Lipinski definition) is 3. The Morgan fingerprint density at radius 3 is 2.69 bits per heavy atom. The number of nitrogens with zero attached hydrogens (tertiary/aromatic N) is 1. The molecule has 0 saturated carbocycles. The summed E-state index contributed by atoms with van der Waals surface area (Å²) >= 11 is 0. The third-order valence-corrected chi connectivity index (χ3v) is 5.60. The fourth-order valence-corrected chi connectivity index (χ4v) is 4.13. The monoisotopic (exact) mass is 394 g/mol. The molecule has 1 N–H and O–H groups in total. The van der Waals surface area contributed by atoms with E-state index < -0.39 is 0 Å². The summed E-state index contributed by atoms with van der Waals surface area (Å²) in [6, 6.07) is 17.7. The minimum absolute atomic E-state index is 0.0374. The van der Waals surface area contributed by atoms with Gasteiger partial charge < -0.3 is 15.0 Å². The number of benzene rings is 2. The molecule has 1 saturated heterocycles. The number of carbonyl (C=O) groups is 2. The smallest absolute Gasteiger partial charge is 0.225 e. The third kappa shape index (κ3) is 5.17. The van der Waals surface area contributed by atoms with Gasteiger partial charge in [-0.3, -0.25) is 9.59 Å². The van der Waals surface area contributed by atoms with Crippen LogP contribution < -0.4 is 10.1 Å². The van der Waals surface area contributed by atoms with E-state index in [4.69, 9.17) is 4.74 Å². The highest BCUT2D eigenvalue weighted by Crippen LogP contribution is 2.36. The summed E-state index contributed by atoms with van der Waals surface area (Å²) in [5.41, 5.74) is 2.22. The van der Waals surface area contributed by atoms with Gasteiger partial charge in [0.05, 0.1) is 19.1 Å². The van der Waals surface area contributed by atoms with E-state index in [1.807, 2.05) is 60.4 Å². The predicted molar refractivity (Wildman–Crippen MR) is 114 cm³/mol. The van der Waals surface area contributed by atoms with E-state index in [1.165, 1.54) is 5.56 Å². The summed E-state index contributed by atoms with van der Waals surface area (Å²) in [7, 11) is 1.66. The van der Waals surface area contributed by atoms with Crippen LogP contribution in [-0.4, -0.2) is 36.9 Å². The standard InChI is InChI=1S/C24H30N2O3/c1-3-26-22(27)15-14-21(23(26)19-11-5-4-6-12-19)24(28)25-16-8-10-18-9-7-13-20(17-18)29-2/h4-7,9,11-13,17,21,23H,3,8,10,14-16H2,1-2H3,(H,25,28)/t21-,23+/m1/s1. The zero-order chi connectivity index (χ0) is 20.6. The molecule has 2 aromatic carbocycles. The van der Waals surface area contributed by atoms with Crippen LogP contribution >= 0.6 is 0 Å². The van der Waals surface area contributed by atoms with Crippen LogP contribution in [0.25, 0.3) is 0 Å². The van der Waals surface area contributed by atoms with Crippen molar-refractivity contribution in [2.75, 3.05) is 20.2 Å². The van der Waals surface area contributed by atoms with Crippen molar-refractivity contribution in [3.05, 3.63) is 65.7 Å². The zero-order valence-electron chi connectivity index (χ0n) is 17.3. The third-order valence-electron chi connectivity index (χ3n) is 5.60. The van der Waals surface area contributed by atoms with Crippen LogP contribution in [0.4, 0.5) is 0 Å². The first-order valence-electron chi connectivity index (χ1n) is 10.4. The molecule has 0 radical (unpaired) electrons. The largest absolute Gasteiger partial charge is 0.497 e. The Morgan fingerprint density at radius 1 is 1.17 bits per heavy atom. The van der Waals surface area contributed by atoms with Gasteiger partial charge in [0, 0.05) is 19.5 Å². The number of hydrogen-bond donors (Lipinski definition) is 1. The molecule has 0 bridgehead atoms. The van der Waals surface area contributed by atoms with E-state index in [1.54, 1.807) is 7.11 Å². The van der Waals surface area contributed by atoms with E-state index in [2.05, 4.69) is 11.4 Å². The lowest BCUT2D eigenvalue weighted by atomic mass is 9.83. The molecule has 29 heavy (non-hydrogen) atoms. The number of ether oxygens (including phenoxy) is 1. The van der Waals surface area contributed by atoms with Crippen LogP contribution in [0.3, 0.4) is 0 Å². The summed E-state index contributed by atoms with van der Waals surface area (Å²) < 4.78 is 5.26. The summed E-state index contributed by atoms with van der Waals surface area (Å²) in [5, 5.41) is 3.10. The van der Waals surface area contributed by atoms with Crippen molar-refractivity contribution in [3.8, 4) is 5.75 Å². The first-order valence-corrected chi connectivity index (χ1v) is 10.4. The van der Waals surface area contributed by atoms with Crippen LogP contribution in [0.5, 0.6) is 5.75 Å². The summed E-state index contributed by atoms with van der Waals surface area (Å²) in [5.74, 6) is 0.800. The lowest BCUT2D eigenvalue weighted by Crippen LogP contribution is -2.48. The molecule has 0 spiro atoms. The number of methoxy groups -OCH3 is 1. The maximum absolute atomic E-state index is 13.0. The Balaban J connectivity index is 1.61. The van der Waals surface area contributed by atoms with Gasteiger partial charge in [0.25, 0.3) is 0 Å². The van der Waals surface area contributed by atoms with Crippen LogP contribution in [0.2, 0.25) is 0 Å². The lowest BCUT2D eigenvalue weighted by Gasteiger charge is -2.40. The second-order valence-corrected chi connectivity index (χ2v) is 7.43. The second-order valence-electron chi connectivity index (χ2n) is 7.43. The molecule has 2 aromatic rings. The van der Waals surface area contributed by atoms with Crippen LogP contribution in [0.15, 0.2) is 54.6 Å². The highest BCUT2D eigenvalue weighted by atomic mass is 16.5. The normalized spacial score (nSPS) is 19.1. The number of amides is 2. The molecule has 2 amide bonds. The van der Waals surface area contributed by atoms with E-state index in [-0.39, 0.29) is 23.8 Å². The number of nitrogens with one attached hydrogen (secondary N) is 1. The fourth-order valence-electron chi connectivity index (χ4n) is 4.13. The number of aryl methyl sites for hydroxylation is 1. The van der Waals surface area contributed by atoms with Gasteiger partial charge in [-0.1, -0.05) is 42.5 Å². The van der Waals surface area contributed by atoms with Crippen molar-refractivity contribution in [3.63, 3.8) is 0 Å². The molecular formula is C24H30N2O3. The number of piperidine rings is 1. The highest BCUT2D eigenvalue weighted by molar-refractivity contribution is 5.85. The van der Waals surface area contributed by atoms with Gasteiger partial charge >= 0.3 is 0 Å². The zero-order valence-corrected chi connectivity index (χ0v) is 17.3. The van der Waals surface area contributed by atoms with Crippen molar-refractivity contribution in [1.82, 2.24) is 10.2 Å². The van der Waals surface area contributed by atoms with Crippen molar-refractivity contribution in [2.24, 2.45) is 5.92 Å². The lowest BCUT2D eigenvalue weighted by molar-refractivity contribution is -0.143. The molecule has 0 aromatic heterocycles. The van der Waals surface area contributed by atoms with Crippen molar-refractivity contribution in [2.45, 2.75) is 38.6 Å². The van der Waals surface area contributed by atoms with Crippen LogP contribution in [-0.2, 0) is 16.0 Å². The molecule has 1 aliphatic rings. The molecule has 2 atom stereocenters. The maximum Gasteiger partial charge on any atom is 0.225 e. The summed E-state index contributed by atoms with van der Waals surface area (Å²) in [6.07, 6.45) is 2.76. The average Bonchev–Trinajstić information content (AvgIpc) is 2.77. The molecular weight excluding hydrogens is 364 g/mol. The van der Waals surface area contributed by atoms with Gasteiger partial charge in [0.1, 0.15) is 5.75 Å². The Morgan fingerprint density at radius 2 is 1.97 bits per heavy atom. The molecule has 1 heterocycles. The maximum atomic E-state index is 13.0. The Labute approximate surface area is 173 Å². The van der Waals surface area contributed by atoms with E-state index in [0.717, 1.165) is 24.2 Å². The molecule has 1 fully saturated rings. The number of carbonyl (C=O) groups excluding carboxylic acids is 2. The van der Waals surface area contributed by atoms with Crippen molar-refractivity contribution < 1.29 is 14.3 Å². The predicted octanol–water partition coefficient (Wildman–Crippen LogP) is 3.74. The molecule has 1 aliphatic heterocycles. The molecule has 0 aliphatic carbocycles. The molecule has 3 rings (SSSR count). The summed E-state index contributed by atoms with van der Waals surface area (Å²) in [6.45, 7) is 3.20. The van der Waals surface area contributed by atoms with Gasteiger partial charge in [0.15, 0.2) is 0 Å². The van der Waals surface area contributed by atoms with Gasteiger partial charge in [-0.25, -0.2) is 0 Å². The minimum Gasteiger partial charge on any atom is -0.497 e. The Bertz CT molecular complexity index is 822. The van der Waals surface area contributed by atoms with Gasteiger partial charge in [-0.05, 0) is 49.4 Å². The first-order chi connectivity index (χ1) is 14.1. The number of rotatable bonds is 8. The number of likely N-dealkylation sites (tertiary alicyclic amines) is 1. The molecule has 0 unspecified atom stereocenters. The van der Waals surface area contributed by atoms with Gasteiger partial charge in [-0.15, -0.1) is 0 Å². The van der Waals surface area contributed by atoms with Crippen LogP contribution in [0, 0.1) is 5.92 Å². The fraction of sp³-hybridized carbons (Fsp3) is 0.417. The molecule has 154 valence electrons. The quantitative estimate of drug-likeness (QED) is 0.694. The van der Waals surface area contributed by atoms with Crippen LogP contribution in [0.1, 0.15) is 43.4 Å². The van der Waals surface area contributed by atoms with Gasteiger partial charge in [-0.2, -0.15) is 0 Å². The average molecular weight is 395 g/mol. The van der Waals surface area contributed by atoms with E-state index in [9.17, 15) is 9.59 Å². The van der Waals surface area contributed by atoms with Crippen molar-refractivity contribution >= 4 is 11.8 Å². The first kappa shape index (κ1) is 20.9. The SMILES string of the molecule is CCN1C(=O)CC[C@@H](C(=O)NCCCc2cccc(OC)c2)[C@@H]1c1ccccc1. The molecule has 5 nitrogen and oxygen atoms in total. The second kappa shape index (κ2) is 10.1. The highest BCUT2D eigenvalue weighted by Gasteiger charge is 2.39. The van der Waals surface area contributed by atoms with Crippen molar-refractivity contribution in [1.29, 1.82) is 0 Å². The Hall–Kier alpha value is -2.82. The van der Waals surface area contributed by atoms with Gasteiger partial charge in [0.2, 0.25) is 11.8 Å². The van der Waals surface area contributed by atoms with E-state index >= 15 is 0 Å². The topological polar surface area (TPSA) is 58.6 Å². The van der Waals surface area contributed by atoms with E-state index in [0.29, 0.717) is 25.9 Å². The summed E-state index contributed by atoms with van der Waals surface area (Å²) in [4.78, 5) is 27.3. The molecule has 5 heteroatoms. The minimum atomic E-state index is -0.216.